The Bertz CT molecular complexity index is 568. The van der Waals surface area contributed by atoms with Crippen molar-refractivity contribution < 1.29 is 19.5 Å². The molecule has 1 fully saturated rings. The Morgan fingerprint density at radius 1 is 1.26 bits per heavy atom. The van der Waals surface area contributed by atoms with Crippen molar-refractivity contribution in [2.45, 2.75) is 32.1 Å². The maximum atomic E-state index is 11.1. The molecule has 0 aromatic heterocycles. The van der Waals surface area contributed by atoms with E-state index >= 15 is 0 Å². The van der Waals surface area contributed by atoms with Crippen LogP contribution in [0.3, 0.4) is 0 Å². The number of aliphatic carboxylic acids is 1. The summed E-state index contributed by atoms with van der Waals surface area (Å²) in [6, 6.07) is 10.1. The summed E-state index contributed by atoms with van der Waals surface area (Å²) in [6.45, 7) is 3.47. The van der Waals surface area contributed by atoms with Gasteiger partial charge >= 0.3 is 5.97 Å². The van der Waals surface area contributed by atoms with Gasteiger partial charge in [-0.05, 0) is 44.2 Å². The molecule has 0 saturated carbocycles. The maximum Gasteiger partial charge on any atom is 0.307 e. The van der Waals surface area contributed by atoms with Crippen LogP contribution in [-0.2, 0) is 14.4 Å². The predicted molar refractivity (Wildman–Crippen MR) is 109 cm³/mol. The molecule has 1 atom stereocenters. The summed E-state index contributed by atoms with van der Waals surface area (Å²) >= 11 is 0. The van der Waals surface area contributed by atoms with Crippen molar-refractivity contribution in [2.75, 3.05) is 40.0 Å². The SMILES string of the molecule is COCCCCC(=NOCCN1CCC[C@@H](C(=O)O)C1)c1ccccc1.Cl. The molecule has 0 aliphatic carbocycles. The number of rotatable bonds is 11. The van der Waals surface area contributed by atoms with E-state index in [-0.39, 0.29) is 18.3 Å². The number of carboxylic acid groups (broad SMARTS) is 1. The van der Waals surface area contributed by atoms with E-state index in [1.165, 1.54) is 0 Å². The van der Waals surface area contributed by atoms with E-state index in [1.807, 2.05) is 30.3 Å². The molecule has 0 bridgehead atoms. The third-order valence-corrected chi connectivity index (χ3v) is 4.65. The van der Waals surface area contributed by atoms with Gasteiger partial charge in [-0.15, -0.1) is 12.4 Å². The minimum absolute atomic E-state index is 0. The van der Waals surface area contributed by atoms with E-state index in [4.69, 9.17) is 14.7 Å². The Balaban J connectivity index is 0.00000364. The molecule has 0 spiro atoms. The quantitative estimate of drug-likeness (QED) is 0.351. The van der Waals surface area contributed by atoms with E-state index in [0.717, 1.165) is 56.5 Å². The molecule has 0 radical (unpaired) electrons. The van der Waals surface area contributed by atoms with E-state index in [1.54, 1.807) is 7.11 Å². The standard InChI is InChI=1S/C20H30N2O4.ClH/c1-25-14-6-5-11-19(17-8-3-2-4-9-17)21-26-15-13-22-12-7-10-18(16-22)20(23)24;/h2-4,8-9,18H,5-7,10-16H2,1H3,(H,23,24);1H/t18-;/m1./s1. The number of unbranched alkanes of at least 4 members (excludes halogenated alkanes) is 1. The number of benzene rings is 1. The second-order valence-electron chi connectivity index (χ2n) is 6.67. The smallest absolute Gasteiger partial charge is 0.307 e. The minimum atomic E-state index is -0.698. The summed E-state index contributed by atoms with van der Waals surface area (Å²) in [4.78, 5) is 18.9. The summed E-state index contributed by atoms with van der Waals surface area (Å²) in [7, 11) is 1.71. The molecule has 2 rings (SSSR count). The zero-order valence-corrected chi connectivity index (χ0v) is 16.8. The highest BCUT2D eigenvalue weighted by atomic mass is 35.5. The normalized spacial score (nSPS) is 18.0. The number of piperidine rings is 1. The second kappa shape index (κ2) is 13.5. The average Bonchev–Trinajstić information content (AvgIpc) is 2.67. The Hall–Kier alpha value is -1.63. The Morgan fingerprint density at radius 3 is 2.74 bits per heavy atom. The number of halogens is 1. The average molecular weight is 399 g/mol. The zero-order valence-electron chi connectivity index (χ0n) is 16.0. The lowest BCUT2D eigenvalue weighted by Gasteiger charge is -2.29. The maximum absolute atomic E-state index is 11.1. The monoisotopic (exact) mass is 398 g/mol. The summed E-state index contributed by atoms with van der Waals surface area (Å²) in [5.41, 5.74) is 2.03. The number of nitrogens with zero attached hydrogens (tertiary/aromatic N) is 2. The Labute approximate surface area is 167 Å². The molecule has 7 heteroatoms. The number of hydrogen-bond donors (Lipinski definition) is 1. The number of hydrogen-bond acceptors (Lipinski definition) is 5. The summed E-state index contributed by atoms with van der Waals surface area (Å²) in [5, 5.41) is 13.5. The number of likely N-dealkylation sites (tertiary alicyclic amines) is 1. The molecular weight excluding hydrogens is 368 g/mol. The minimum Gasteiger partial charge on any atom is -0.481 e. The van der Waals surface area contributed by atoms with Crippen LogP contribution in [0.25, 0.3) is 0 Å². The van der Waals surface area contributed by atoms with Crippen LogP contribution < -0.4 is 0 Å². The number of carbonyl (C=O) groups is 1. The molecule has 6 nitrogen and oxygen atoms in total. The second-order valence-corrected chi connectivity index (χ2v) is 6.67. The van der Waals surface area contributed by atoms with Gasteiger partial charge in [-0.3, -0.25) is 9.69 Å². The zero-order chi connectivity index (χ0) is 18.6. The van der Waals surface area contributed by atoms with Crippen LogP contribution in [0.2, 0.25) is 0 Å². The van der Waals surface area contributed by atoms with Gasteiger partial charge < -0.3 is 14.7 Å². The third kappa shape index (κ3) is 8.73. The van der Waals surface area contributed by atoms with Crippen LogP contribution >= 0.6 is 12.4 Å². The number of carboxylic acids is 1. The highest BCUT2D eigenvalue weighted by Gasteiger charge is 2.24. The van der Waals surface area contributed by atoms with Crippen LogP contribution in [0, 0.1) is 5.92 Å². The Kier molecular flexibility index (Phi) is 11.7. The van der Waals surface area contributed by atoms with Crippen LogP contribution in [0.4, 0.5) is 0 Å². The fourth-order valence-corrected chi connectivity index (χ4v) is 3.17. The third-order valence-electron chi connectivity index (χ3n) is 4.65. The van der Waals surface area contributed by atoms with E-state index in [2.05, 4.69) is 10.1 Å². The highest BCUT2D eigenvalue weighted by Crippen LogP contribution is 2.16. The largest absolute Gasteiger partial charge is 0.481 e. The van der Waals surface area contributed by atoms with Crippen LogP contribution in [0.5, 0.6) is 0 Å². The molecular formula is C20H31ClN2O4. The molecule has 1 N–H and O–H groups in total. The molecule has 1 aliphatic heterocycles. The first kappa shape index (κ1) is 23.4. The van der Waals surface area contributed by atoms with Gasteiger partial charge in [0.15, 0.2) is 0 Å². The van der Waals surface area contributed by atoms with Crippen LogP contribution in [0.1, 0.15) is 37.7 Å². The van der Waals surface area contributed by atoms with Crippen molar-refractivity contribution >= 4 is 24.1 Å². The van der Waals surface area contributed by atoms with E-state index in [9.17, 15) is 4.79 Å². The van der Waals surface area contributed by atoms with Gasteiger partial charge in [-0.25, -0.2) is 0 Å². The molecule has 1 saturated heterocycles. The van der Waals surface area contributed by atoms with Crippen LogP contribution in [-0.4, -0.2) is 61.6 Å². The lowest BCUT2D eigenvalue weighted by molar-refractivity contribution is -0.143. The van der Waals surface area contributed by atoms with Gasteiger partial charge in [0.25, 0.3) is 0 Å². The van der Waals surface area contributed by atoms with Crippen molar-refractivity contribution in [3.05, 3.63) is 35.9 Å². The van der Waals surface area contributed by atoms with Gasteiger partial charge in [0.1, 0.15) is 6.61 Å². The van der Waals surface area contributed by atoms with Gasteiger partial charge in [-0.1, -0.05) is 35.5 Å². The van der Waals surface area contributed by atoms with Gasteiger partial charge in [-0.2, -0.15) is 0 Å². The van der Waals surface area contributed by atoms with Crippen molar-refractivity contribution in [2.24, 2.45) is 11.1 Å². The lowest BCUT2D eigenvalue weighted by atomic mass is 9.98. The molecule has 152 valence electrons. The highest BCUT2D eigenvalue weighted by molar-refractivity contribution is 6.00. The number of oxime groups is 1. The summed E-state index contributed by atoms with van der Waals surface area (Å²) < 4.78 is 5.10. The van der Waals surface area contributed by atoms with E-state index in [0.29, 0.717) is 19.7 Å². The van der Waals surface area contributed by atoms with Crippen LogP contribution in [0.15, 0.2) is 35.5 Å². The molecule has 1 heterocycles. The molecule has 1 aromatic carbocycles. The summed E-state index contributed by atoms with van der Waals surface area (Å²) in [5.74, 6) is -0.955. The predicted octanol–water partition coefficient (Wildman–Crippen LogP) is 3.44. The molecule has 27 heavy (non-hydrogen) atoms. The Morgan fingerprint density at radius 2 is 2.04 bits per heavy atom. The summed E-state index contributed by atoms with van der Waals surface area (Å²) in [6.07, 6.45) is 4.53. The van der Waals surface area contributed by atoms with Crippen molar-refractivity contribution in [3.8, 4) is 0 Å². The first-order chi connectivity index (χ1) is 12.7. The lowest BCUT2D eigenvalue weighted by Crippen LogP contribution is -2.40. The van der Waals surface area contributed by atoms with Crippen molar-refractivity contribution in [1.29, 1.82) is 0 Å². The van der Waals surface area contributed by atoms with Gasteiger partial charge in [0.05, 0.1) is 11.6 Å². The van der Waals surface area contributed by atoms with Gasteiger partial charge in [0, 0.05) is 26.8 Å². The van der Waals surface area contributed by atoms with E-state index < -0.39 is 5.97 Å². The topological polar surface area (TPSA) is 71.4 Å². The fourth-order valence-electron chi connectivity index (χ4n) is 3.17. The van der Waals surface area contributed by atoms with Crippen molar-refractivity contribution in [3.63, 3.8) is 0 Å². The molecule has 0 amide bonds. The fraction of sp³-hybridized carbons (Fsp3) is 0.600. The van der Waals surface area contributed by atoms with Gasteiger partial charge in [0.2, 0.25) is 0 Å². The van der Waals surface area contributed by atoms with Crippen molar-refractivity contribution in [1.82, 2.24) is 4.90 Å². The first-order valence-corrected chi connectivity index (χ1v) is 9.39. The number of ether oxygens (including phenoxy) is 1. The first-order valence-electron chi connectivity index (χ1n) is 9.39. The number of methoxy groups -OCH3 is 1. The molecule has 1 aromatic rings. The molecule has 1 aliphatic rings. The molecule has 0 unspecified atom stereocenters.